The number of halogens is 1. The van der Waals surface area contributed by atoms with E-state index in [2.05, 4.69) is 41.9 Å². The van der Waals surface area contributed by atoms with Crippen LogP contribution in [-0.4, -0.2) is 5.78 Å². The van der Waals surface area contributed by atoms with Crippen LogP contribution in [0.5, 0.6) is 0 Å². The summed E-state index contributed by atoms with van der Waals surface area (Å²) in [6.45, 7) is 4.38. The summed E-state index contributed by atoms with van der Waals surface area (Å²) in [5, 5.41) is 0. The first kappa shape index (κ1) is 15.0. The number of ketones is 1. The van der Waals surface area contributed by atoms with Gasteiger partial charge >= 0.3 is 0 Å². The van der Waals surface area contributed by atoms with Crippen LogP contribution in [0.15, 0.2) is 53.0 Å². The molecule has 1 nitrogen and oxygen atoms in total. The average molecular weight is 331 g/mol. The molecule has 2 aromatic carbocycles. The van der Waals surface area contributed by atoms with E-state index in [1.165, 1.54) is 5.56 Å². The third-order valence-corrected chi connectivity index (χ3v) is 4.22. The fraction of sp³-hybridized carbons (Fsp3) is 0.278. The van der Waals surface area contributed by atoms with Crippen LogP contribution in [0.1, 0.15) is 47.7 Å². The fourth-order valence-electron chi connectivity index (χ4n) is 2.12. The highest BCUT2D eigenvalue weighted by Gasteiger charge is 2.08. The maximum Gasteiger partial charge on any atom is 0.167 e. The van der Waals surface area contributed by atoms with E-state index in [0.29, 0.717) is 12.3 Å². The van der Waals surface area contributed by atoms with Crippen LogP contribution >= 0.6 is 15.9 Å². The van der Waals surface area contributed by atoms with Crippen molar-refractivity contribution in [3.63, 3.8) is 0 Å². The Morgan fingerprint density at radius 3 is 2.20 bits per heavy atom. The van der Waals surface area contributed by atoms with Gasteiger partial charge in [0.25, 0.3) is 0 Å². The quantitative estimate of drug-likeness (QED) is 0.672. The molecule has 0 aliphatic heterocycles. The van der Waals surface area contributed by atoms with E-state index in [1.54, 1.807) is 0 Å². The predicted molar refractivity (Wildman–Crippen MR) is 87.3 cm³/mol. The Balaban J connectivity index is 2.07. The van der Waals surface area contributed by atoms with Gasteiger partial charge in [-0.2, -0.15) is 0 Å². The molecule has 0 amide bonds. The number of hydrogen-bond donors (Lipinski definition) is 0. The van der Waals surface area contributed by atoms with Crippen molar-refractivity contribution in [2.24, 2.45) is 0 Å². The standard InChI is InChI=1S/C18H19BrO/c1-3-13(2)15-6-8-16(9-7-15)18(20)12-14-4-10-17(19)11-5-14/h4-11,13H,3,12H2,1-2H3. The molecule has 2 aromatic rings. The van der Waals surface area contributed by atoms with E-state index in [1.807, 2.05) is 36.4 Å². The van der Waals surface area contributed by atoms with Crippen LogP contribution in [0.4, 0.5) is 0 Å². The molecular weight excluding hydrogens is 312 g/mol. The highest BCUT2D eigenvalue weighted by Crippen LogP contribution is 2.19. The second-order valence-corrected chi connectivity index (χ2v) is 6.07. The number of Topliss-reactive ketones (excluding diaryl/α,β-unsaturated/α-hetero) is 1. The molecule has 0 aliphatic carbocycles. The highest BCUT2D eigenvalue weighted by molar-refractivity contribution is 9.10. The van der Waals surface area contributed by atoms with Crippen molar-refractivity contribution in [3.8, 4) is 0 Å². The maximum atomic E-state index is 12.2. The molecule has 0 spiro atoms. The molecule has 0 saturated heterocycles. The first-order valence-electron chi connectivity index (χ1n) is 6.97. The van der Waals surface area contributed by atoms with Gasteiger partial charge in [-0.15, -0.1) is 0 Å². The maximum absolute atomic E-state index is 12.2. The van der Waals surface area contributed by atoms with E-state index >= 15 is 0 Å². The summed E-state index contributed by atoms with van der Waals surface area (Å²) in [4.78, 5) is 12.2. The summed E-state index contributed by atoms with van der Waals surface area (Å²) in [5.41, 5.74) is 3.14. The Bertz CT molecular complexity index is 569. The van der Waals surface area contributed by atoms with Gasteiger partial charge < -0.3 is 0 Å². The van der Waals surface area contributed by atoms with Crippen molar-refractivity contribution in [1.82, 2.24) is 0 Å². The summed E-state index contributed by atoms with van der Waals surface area (Å²) < 4.78 is 1.03. The molecule has 0 heterocycles. The van der Waals surface area contributed by atoms with Gasteiger partial charge in [0.2, 0.25) is 0 Å². The molecule has 0 radical (unpaired) electrons. The molecule has 0 bridgehead atoms. The smallest absolute Gasteiger partial charge is 0.167 e. The molecule has 0 fully saturated rings. The Morgan fingerprint density at radius 2 is 1.65 bits per heavy atom. The Labute approximate surface area is 129 Å². The fourth-order valence-corrected chi connectivity index (χ4v) is 2.39. The summed E-state index contributed by atoms with van der Waals surface area (Å²) >= 11 is 3.40. The third-order valence-electron chi connectivity index (χ3n) is 3.69. The molecule has 104 valence electrons. The average Bonchev–Trinajstić information content (AvgIpc) is 2.49. The Morgan fingerprint density at radius 1 is 1.05 bits per heavy atom. The summed E-state index contributed by atoms with van der Waals surface area (Å²) in [5.74, 6) is 0.716. The molecule has 2 heteroatoms. The lowest BCUT2D eigenvalue weighted by molar-refractivity contribution is 0.0993. The molecule has 2 rings (SSSR count). The van der Waals surface area contributed by atoms with E-state index in [-0.39, 0.29) is 5.78 Å². The van der Waals surface area contributed by atoms with Crippen LogP contribution in [0.3, 0.4) is 0 Å². The minimum Gasteiger partial charge on any atom is -0.294 e. The summed E-state index contributed by atoms with van der Waals surface area (Å²) in [6.07, 6.45) is 1.57. The predicted octanol–water partition coefficient (Wildman–Crippen LogP) is 5.39. The molecule has 1 atom stereocenters. The number of rotatable bonds is 5. The van der Waals surface area contributed by atoms with Crippen LogP contribution in [0, 0.1) is 0 Å². The normalized spacial score (nSPS) is 12.2. The Hall–Kier alpha value is -1.41. The van der Waals surface area contributed by atoms with Gasteiger partial charge in [-0.05, 0) is 35.6 Å². The van der Waals surface area contributed by atoms with Gasteiger partial charge in [-0.3, -0.25) is 4.79 Å². The van der Waals surface area contributed by atoms with E-state index in [4.69, 9.17) is 0 Å². The lowest BCUT2D eigenvalue weighted by atomic mass is 9.96. The first-order valence-corrected chi connectivity index (χ1v) is 7.77. The van der Waals surface area contributed by atoms with Crippen molar-refractivity contribution >= 4 is 21.7 Å². The minimum absolute atomic E-state index is 0.169. The van der Waals surface area contributed by atoms with Crippen molar-refractivity contribution in [3.05, 3.63) is 69.7 Å². The van der Waals surface area contributed by atoms with Gasteiger partial charge in [0, 0.05) is 16.5 Å². The molecule has 0 aliphatic rings. The van der Waals surface area contributed by atoms with Crippen LogP contribution in [-0.2, 0) is 6.42 Å². The van der Waals surface area contributed by atoms with E-state index < -0.39 is 0 Å². The molecule has 1 unspecified atom stereocenters. The summed E-state index contributed by atoms with van der Waals surface area (Å²) in [7, 11) is 0. The van der Waals surface area contributed by atoms with Gasteiger partial charge in [-0.25, -0.2) is 0 Å². The van der Waals surface area contributed by atoms with Crippen molar-refractivity contribution < 1.29 is 4.79 Å². The van der Waals surface area contributed by atoms with E-state index in [0.717, 1.165) is 22.0 Å². The second kappa shape index (κ2) is 6.85. The minimum atomic E-state index is 0.169. The molecular formula is C18H19BrO. The highest BCUT2D eigenvalue weighted by atomic mass is 79.9. The van der Waals surface area contributed by atoms with Gasteiger partial charge in [0.05, 0.1) is 0 Å². The topological polar surface area (TPSA) is 17.1 Å². The lowest BCUT2D eigenvalue weighted by Crippen LogP contribution is -2.04. The zero-order valence-corrected chi connectivity index (χ0v) is 13.5. The van der Waals surface area contributed by atoms with Crippen LogP contribution in [0.2, 0.25) is 0 Å². The molecule has 20 heavy (non-hydrogen) atoms. The number of benzene rings is 2. The van der Waals surface area contributed by atoms with Crippen molar-refractivity contribution in [2.75, 3.05) is 0 Å². The third kappa shape index (κ3) is 3.80. The zero-order chi connectivity index (χ0) is 14.5. The number of carbonyl (C=O) groups is 1. The van der Waals surface area contributed by atoms with Crippen molar-refractivity contribution in [2.45, 2.75) is 32.6 Å². The second-order valence-electron chi connectivity index (χ2n) is 5.16. The summed E-state index contributed by atoms with van der Waals surface area (Å²) in [6, 6.07) is 15.9. The lowest BCUT2D eigenvalue weighted by Gasteiger charge is -2.09. The van der Waals surface area contributed by atoms with Crippen molar-refractivity contribution in [1.29, 1.82) is 0 Å². The van der Waals surface area contributed by atoms with E-state index in [9.17, 15) is 4.79 Å². The van der Waals surface area contributed by atoms with Crippen LogP contribution < -0.4 is 0 Å². The molecule has 0 saturated carbocycles. The Kier molecular flexibility index (Phi) is 5.13. The van der Waals surface area contributed by atoms with Gasteiger partial charge in [0.1, 0.15) is 0 Å². The van der Waals surface area contributed by atoms with Gasteiger partial charge in [0.15, 0.2) is 5.78 Å². The largest absolute Gasteiger partial charge is 0.294 e. The first-order chi connectivity index (χ1) is 9.60. The van der Waals surface area contributed by atoms with Crippen LogP contribution in [0.25, 0.3) is 0 Å². The number of carbonyl (C=O) groups excluding carboxylic acids is 1. The molecule has 0 aromatic heterocycles. The SMILES string of the molecule is CCC(C)c1ccc(C(=O)Cc2ccc(Br)cc2)cc1. The molecule has 0 N–H and O–H groups in total. The number of hydrogen-bond acceptors (Lipinski definition) is 1. The van der Waals surface area contributed by atoms with Gasteiger partial charge in [-0.1, -0.05) is 66.2 Å². The zero-order valence-electron chi connectivity index (χ0n) is 11.9. The monoisotopic (exact) mass is 330 g/mol.